The van der Waals surface area contributed by atoms with Crippen LogP contribution >= 0.6 is 23.4 Å². The summed E-state index contributed by atoms with van der Waals surface area (Å²) in [5.41, 5.74) is 6.13. The number of H-pyrrole nitrogens is 1. The number of carbonyl (C=O) groups excluding carboxylic acids is 2. The van der Waals surface area contributed by atoms with Crippen LogP contribution in [0.5, 0.6) is 0 Å². The highest BCUT2D eigenvalue weighted by Gasteiger charge is 2.09. The third-order valence-corrected chi connectivity index (χ3v) is 4.57. The van der Waals surface area contributed by atoms with E-state index in [9.17, 15) is 9.59 Å². The minimum absolute atomic E-state index is 0.0561. The van der Waals surface area contributed by atoms with Gasteiger partial charge in [-0.2, -0.15) is 0 Å². The molecule has 1 aromatic heterocycles. The molecule has 0 unspecified atom stereocenters. The zero-order chi connectivity index (χ0) is 19.8. The van der Waals surface area contributed by atoms with Crippen molar-refractivity contribution in [1.82, 2.24) is 26.0 Å². The van der Waals surface area contributed by atoms with Gasteiger partial charge in [0.05, 0.1) is 5.75 Å². The summed E-state index contributed by atoms with van der Waals surface area (Å²) >= 11 is 6.93. The molecule has 9 heteroatoms. The van der Waals surface area contributed by atoms with E-state index in [1.165, 1.54) is 0 Å². The molecule has 0 spiro atoms. The molecule has 0 atom stereocenters. The van der Waals surface area contributed by atoms with Crippen molar-refractivity contribution in [3.8, 4) is 0 Å². The van der Waals surface area contributed by atoms with E-state index < -0.39 is 5.91 Å². The largest absolute Gasteiger partial charge is 0.272 e. The summed E-state index contributed by atoms with van der Waals surface area (Å²) in [6, 6.07) is 16.1. The average Bonchev–Trinajstić information content (AvgIpc) is 3.18. The van der Waals surface area contributed by atoms with Crippen molar-refractivity contribution in [1.29, 1.82) is 0 Å². The monoisotopic (exact) mass is 413 g/mol. The van der Waals surface area contributed by atoms with Crippen molar-refractivity contribution in [2.24, 2.45) is 0 Å². The molecular formula is C19H16ClN5O2S. The molecule has 0 fully saturated rings. The fourth-order valence-corrected chi connectivity index (χ4v) is 2.83. The van der Waals surface area contributed by atoms with Crippen LogP contribution in [0.1, 0.15) is 21.7 Å². The maximum Gasteiger partial charge on any atom is 0.269 e. The lowest BCUT2D eigenvalue weighted by atomic mass is 10.2. The lowest BCUT2D eigenvalue weighted by molar-refractivity contribution is -0.119. The number of hydrazine groups is 1. The number of carbonyl (C=O) groups is 2. The molecule has 0 saturated carbocycles. The molecule has 3 N–H and O–H groups in total. The maximum absolute atomic E-state index is 11.9. The van der Waals surface area contributed by atoms with Gasteiger partial charge in [0.15, 0.2) is 0 Å². The Hall–Kier alpha value is -3.10. The van der Waals surface area contributed by atoms with Gasteiger partial charge in [0.25, 0.3) is 5.91 Å². The van der Waals surface area contributed by atoms with Gasteiger partial charge >= 0.3 is 0 Å². The lowest BCUT2D eigenvalue weighted by Crippen LogP contribution is -2.42. The molecule has 28 heavy (non-hydrogen) atoms. The standard InChI is InChI=1S/C19H16ClN5O2S/c20-15-9-7-14(8-10-15)18(27)24-23-17(26)12-28-19-21-16(22-25-19)11-6-13-4-2-1-3-5-13/h1-11H,12H2,(H,23,26)(H,24,27)(H,21,22,25)/b11-6+. The smallest absolute Gasteiger partial charge is 0.269 e. The Labute approximate surface area is 170 Å². The highest BCUT2D eigenvalue weighted by atomic mass is 35.5. The van der Waals surface area contributed by atoms with Crippen LogP contribution < -0.4 is 10.9 Å². The number of aromatic amines is 1. The van der Waals surface area contributed by atoms with Crippen molar-refractivity contribution in [2.75, 3.05) is 5.75 Å². The molecule has 142 valence electrons. The van der Waals surface area contributed by atoms with Crippen molar-refractivity contribution >= 4 is 47.3 Å². The van der Waals surface area contributed by atoms with Gasteiger partial charge in [-0.25, -0.2) is 4.98 Å². The zero-order valence-electron chi connectivity index (χ0n) is 14.6. The highest BCUT2D eigenvalue weighted by Crippen LogP contribution is 2.13. The molecule has 0 aliphatic heterocycles. The summed E-state index contributed by atoms with van der Waals surface area (Å²) in [4.78, 5) is 28.1. The zero-order valence-corrected chi connectivity index (χ0v) is 16.1. The van der Waals surface area contributed by atoms with Crippen LogP contribution in [0.25, 0.3) is 12.2 Å². The van der Waals surface area contributed by atoms with E-state index in [2.05, 4.69) is 26.0 Å². The number of amides is 2. The SMILES string of the molecule is O=C(CSc1n[nH]c(/C=C/c2ccccc2)n1)NNC(=O)c1ccc(Cl)cc1. The number of benzene rings is 2. The van der Waals surface area contributed by atoms with Crippen molar-refractivity contribution in [2.45, 2.75) is 5.16 Å². The molecule has 0 aliphatic rings. The number of rotatable bonds is 6. The van der Waals surface area contributed by atoms with Crippen LogP contribution in [0.2, 0.25) is 5.02 Å². The molecule has 2 aromatic carbocycles. The third kappa shape index (κ3) is 5.97. The van der Waals surface area contributed by atoms with Gasteiger partial charge in [-0.15, -0.1) is 5.10 Å². The Balaban J connectivity index is 1.43. The van der Waals surface area contributed by atoms with Crippen LogP contribution in [0.15, 0.2) is 59.8 Å². The van der Waals surface area contributed by atoms with Gasteiger partial charge in [-0.3, -0.25) is 25.5 Å². The van der Waals surface area contributed by atoms with Crippen LogP contribution in [-0.4, -0.2) is 32.7 Å². The molecule has 2 amide bonds. The van der Waals surface area contributed by atoms with E-state index in [1.54, 1.807) is 30.3 Å². The molecule has 0 aliphatic carbocycles. The number of aromatic nitrogens is 3. The van der Waals surface area contributed by atoms with E-state index in [1.807, 2.05) is 36.4 Å². The fourth-order valence-electron chi connectivity index (χ4n) is 2.10. The first kappa shape index (κ1) is 19.7. The Morgan fingerprint density at radius 3 is 2.54 bits per heavy atom. The lowest BCUT2D eigenvalue weighted by Gasteiger charge is -2.06. The van der Waals surface area contributed by atoms with Crippen LogP contribution in [-0.2, 0) is 4.79 Å². The fraction of sp³-hybridized carbons (Fsp3) is 0.0526. The minimum Gasteiger partial charge on any atom is -0.272 e. The summed E-state index contributed by atoms with van der Waals surface area (Å²) in [5.74, 6) is -0.164. The van der Waals surface area contributed by atoms with Gasteiger partial charge in [-0.05, 0) is 35.9 Å². The van der Waals surface area contributed by atoms with Gasteiger partial charge in [-0.1, -0.05) is 59.8 Å². The van der Waals surface area contributed by atoms with Crippen molar-refractivity contribution in [3.05, 3.63) is 76.6 Å². The van der Waals surface area contributed by atoms with Crippen LogP contribution in [0.4, 0.5) is 0 Å². The summed E-state index contributed by atoms with van der Waals surface area (Å²) < 4.78 is 0. The molecule has 1 heterocycles. The molecule has 3 rings (SSSR count). The second-order valence-electron chi connectivity index (χ2n) is 5.55. The Kier molecular flexibility index (Phi) is 6.83. The second kappa shape index (κ2) is 9.72. The summed E-state index contributed by atoms with van der Waals surface area (Å²) in [5, 5.41) is 7.81. The molecule has 0 saturated heterocycles. The summed E-state index contributed by atoms with van der Waals surface area (Å²) in [7, 11) is 0. The van der Waals surface area contributed by atoms with Crippen LogP contribution in [0.3, 0.4) is 0 Å². The predicted octanol–water partition coefficient (Wildman–Crippen LogP) is 3.18. The number of hydrogen-bond donors (Lipinski definition) is 3. The normalized spacial score (nSPS) is 10.8. The molecule has 3 aromatic rings. The maximum atomic E-state index is 11.9. The molecule has 0 bridgehead atoms. The second-order valence-corrected chi connectivity index (χ2v) is 6.92. The minimum atomic E-state index is -0.429. The van der Waals surface area contributed by atoms with Crippen LogP contribution in [0, 0.1) is 0 Å². The van der Waals surface area contributed by atoms with E-state index in [0.717, 1.165) is 17.3 Å². The number of nitrogens with one attached hydrogen (secondary N) is 3. The number of halogens is 1. The predicted molar refractivity (Wildman–Crippen MR) is 110 cm³/mol. The Morgan fingerprint density at radius 1 is 1.04 bits per heavy atom. The number of hydrogen-bond acceptors (Lipinski definition) is 5. The van der Waals surface area contributed by atoms with E-state index in [0.29, 0.717) is 21.6 Å². The first-order chi connectivity index (χ1) is 13.6. The van der Waals surface area contributed by atoms with Gasteiger partial charge in [0, 0.05) is 10.6 Å². The summed E-state index contributed by atoms with van der Waals surface area (Å²) in [6.07, 6.45) is 3.72. The number of nitrogens with zero attached hydrogens (tertiary/aromatic N) is 2. The quantitative estimate of drug-likeness (QED) is 0.425. The van der Waals surface area contributed by atoms with E-state index in [-0.39, 0.29) is 11.7 Å². The molecule has 7 nitrogen and oxygen atoms in total. The number of thioether (sulfide) groups is 1. The van der Waals surface area contributed by atoms with Gasteiger partial charge in [0.2, 0.25) is 11.1 Å². The Bertz CT molecular complexity index is 974. The highest BCUT2D eigenvalue weighted by molar-refractivity contribution is 7.99. The van der Waals surface area contributed by atoms with E-state index in [4.69, 9.17) is 11.6 Å². The van der Waals surface area contributed by atoms with Gasteiger partial charge in [0.1, 0.15) is 5.82 Å². The van der Waals surface area contributed by atoms with Crippen molar-refractivity contribution in [3.63, 3.8) is 0 Å². The topological polar surface area (TPSA) is 99.8 Å². The first-order valence-electron chi connectivity index (χ1n) is 8.23. The van der Waals surface area contributed by atoms with E-state index >= 15 is 0 Å². The first-order valence-corrected chi connectivity index (χ1v) is 9.59. The van der Waals surface area contributed by atoms with Gasteiger partial charge < -0.3 is 0 Å². The van der Waals surface area contributed by atoms with Crippen molar-refractivity contribution < 1.29 is 9.59 Å². The molecular weight excluding hydrogens is 398 g/mol. The Morgan fingerprint density at radius 2 is 1.79 bits per heavy atom. The third-order valence-electron chi connectivity index (χ3n) is 3.47. The molecule has 0 radical (unpaired) electrons. The average molecular weight is 414 g/mol. The summed E-state index contributed by atoms with van der Waals surface area (Å²) in [6.45, 7) is 0.